The van der Waals surface area contributed by atoms with Gasteiger partial charge in [0.2, 0.25) is 0 Å². The fourth-order valence-electron chi connectivity index (χ4n) is 5.42. The molecule has 0 bridgehead atoms. The van der Waals surface area contributed by atoms with Crippen LogP contribution >= 0.6 is 7.82 Å². The fraction of sp³-hybridized carbons (Fsp3) is 0.689. The predicted octanol–water partition coefficient (Wildman–Crippen LogP) is 12.3. The number of phosphoric acid groups is 1. The van der Waals surface area contributed by atoms with E-state index >= 15 is 0 Å². The van der Waals surface area contributed by atoms with Crippen LogP contribution in [-0.4, -0.2) is 49.3 Å². The van der Waals surface area contributed by atoms with Gasteiger partial charge in [0.15, 0.2) is 6.10 Å². The molecule has 55 heavy (non-hydrogen) atoms. The molecule has 10 heteroatoms. The van der Waals surface area contributed by atoms with Gasteiger partial charge in [0.05, 0.1) is 13.2 Å². The molecule has 2 atom stereocenters. The molecule has 9 nitrogen and oxygen atoms in total. The van der Waals surface area contributed by atoms with Crippen molar-refractivity contribution in [2.24, 2.45) is 5.73 Å². The van der Waals surface area contributed by atoms with Crippen LogP contribution in [0.5, 0.6) is 0 Å². The number of allylic oxidation sites excluding steroid dienone is 12. The largest absolute Gasteiger partial charge is 0.472 e. The van der Waals surface area contributed by atoms with Crippen LogP contribution in [0.2, 0.25) is 0 Å². The lowest BCUT2D eigenvalue weighted by Gasteiger charge is -2.19. The summed E-state index contributed by atoms with van der Waals surface area (Å²) in [5.74, 6) is -0.882. The normalized spacial score (nSPS) is 14.0. The van der Waals surface area contributed by atoms with Gasteiger partial charge in [-0.2, -0.15) is 0 Å². The van der Waals surface area contributed by atoms with Crippen LogP contribution in [0.3, 0.4) is 0 Å². The first-order valence-corrected chi connectivity index (χ1v) is 22.9. The second kappa shape index (κ2) is 41.1. The summed E-state index contributed by atoms with van der Waals surface area (Å²) < 4.78 is 32.7. The third-order valence-electron chi connectivity index (χ3n) is 8.58. The third-order valence-corrected chi connectivity index (χ3v) is 9.56. The van der Waals surface area contributed by atoms with Gasteiger partial charge >= 0.3 is 19.8 Å². The maximum Gasteiger partial charge on any atom is 0.472 e. The van der Waals surface area contributed by atoms with Crippen molar-refractivity contribution >= 4 is 19.8 Å². The highest BCUT2D eigenvalue weighted by molar-refractivity contribution is 7.47. The van der Waals surface area contributed by atoms with E-state index in [0.29, 0.717) is 12.8 Å². The summed E-state index contributed by atoms with van der Waals surface area (Å²) in [5.41, 5.74) is 5.34. The smallest absolute Gasteiger partial charge is 0.462 e. The number of ether oxygens (including phenoxy) is 2. The van der Waals surface area contributed by atoms with Crippen molar-refractivity contribution in [3.8, 4) is 0 Å². The van der Waals surface area contributed by atoms with Crippen molar-refractivity contribution in [3.63, 3.8) is 0 Å². The number of esters is 2. The molecule has 0 heterocycles. The van der Waals surface area contributed by atoms with E-state index in [4.69, 9.17) is 24.3 Å². The molecule has 0 aliphatic rings. The molecule has 0 saturated carbocycles. The standard InChI is InChI=1S/C45H78NO8P/c1-3-5-7-9-11-13-15-17-19-20-21-22-24-26-28-30-32-34-36-38-45(48)54-43(42-53-55(49,50)52-40-39-46)41-51-44(47)37-35-33-31-29-27-25-23-18-16-14-12-10-8-6-4-2/h5,7,11,13,17-19,21-23,26,28,43H,3-4,6,8-10,12,14-16,20,24-25,27,29-42,46H2,1-2H3,(H,49,50)/b7-5+,13-11+,19-17+,22-21+,23-18+,28-26+/t43-/m1/s1. The summed E-state index contributed by atoms with van der Waals surface area (Å²) in [5, 5.41) is 0. The topological polar surface area (TPSA) is 134 Å². The van der Waals surface area contributed by atoms with Crippen LogP contribution in [0, 0.1) is 0 Å². The molecule has 0 aromatic rings. The number of carbonyl (C=O) groups excluding carboxylic acids is 2. The van der Waals surface area contributed by atoms with Crippen LogP contribution in [0.1, 0.15) is 168 Å². The van der Waals surface area contributed by atoms with Crippen molar-refractivity contribution in [1.82, 2.24) is 0 Å². The molecule has 0 rings (SSSR count). The Balaban J connectivity index is 4.26. The molecule has 0 aromatic heterocycles. The lowest BCUT2D eigenvalue weighted by atomic mass is 10.1. The SMILES string of the molecule is CC/C=C/C/C=C/C/C=C/C/C=C/C/C=C/CCCCCC(=O)O[C@H](COC(=O)CCCCCCC/C=C/CCCCCCCC)COP(=O)(O)OCCN. The summed E-state index contributed by atoms with van der Waals surface area (Å²) in [7, 11) is -4.39. The first-order valence-electron chi connectivity index (χ1n) is 21.4. The highest BCUT2D eigenvalue weighted by Gasteiger charge is 2.25. The van der Waals surface area contributed by atoms with E-state index in [1.54, 1.807) is 0 Å². The minimum Gasteiger partial charge on any atom is -0.462 e. The highest BCUT2D eigenvalue weighted by Crippen LogP contribution is 2.43. The van der Waals surface area contributed by atoms with Gasteiger partial charge in [-0.1, -0.05) is 145 Å². The molecular formula is C45H78NO8P. The molecule has 3 N–H and O–H groups in total. The zero-order chi connectivity index (χ0) is 40.3. The zero-order valence-electron chi connectivity index (χ0n) is 34.6. The summed E-state index contributed by atoms with van der Waals surface area (Å²) in [6.07, 6.45) is 49.3. The van der Waals surface area contributed by atoms with E-state index in [2.05, 4.69) is 86.8 Å². The van der Waals surface area contributed by atoms with E-state index in [-0.39, 0.29) is 32.6 Å². The number of hydrogen-bond acceptors (Lipinski definition) is 8. The second-order valence-electron chi connectivity index (χ2n) is 13.8. The first-order chi connectivity index (χ1) is 26.8. The third kappa shape index (κ3) is 40.9. The summed E-state index contributed by atoms with van der Waals surface area (Å²) >= 11 is 0. The zero-order valence-corrected chi connectivity index (χ0v) is 35.5. The van der Waals surface area contributed by atoms with Crippen LogP contribution in [0.4, 0.5) is 0 Å². The summed E-state index contributed by atoms with van der Waals surface area (Å²) in [6, 6.07) is 0. The average Bonchev–Trinajstić information content (AvgIpc) is 3.17. The van der Waals surface area contributed by atoms with Crippen LogP contribution in [0.25, 0.3) is 0 Å². The Hall–Kier alpha value is -2.55. The van der Waals surface area contributed by atoms with Gasteiger partial charge in [-0.15, -0.1) is 0 Å². The van der Waals surface area contributed by atoms with Gasteiger partial charge in [0.1, 0.15) is 6.61 Å². The van der Waals surface area contributed by atoms with Crippen molar-refractivity contribution in [2.75, 3.05) is 26.4 Å². The van der Waals surface area contributed by atoms with E-state index in [9.17, 15) is 19.0 Å². The fourth-order valence-corrected chi connectivity index (χ4v) is 6.18. The maximum absolute atomic E-state index is 12.6. The number of carbonyl (C=O) groups is 2. The molecule has 0 fully saturated rings. The average molecular weight is 792 g/mol. The molecular weight excluding hydrogens is 713 g/mol. The second-order valence-corrected chi connectivity index (χ2v) is 15.3. The van der Waals surface area contributed by atoms with E-state index in [1.807, 2.05) is 0 Å². The highest BCUT2D eigenvalue weighted by atomic mass is 31.2. The van der Waals surface area contributed by atoms with E-state index in [0.717, 1.165) is 83.5 Å². The van der Waals surface area contributed by atoms with Crippen LogP contribution in [0.15, 0.2) is 72.9 Å². The Labute approximate surface area is 335 Å². The monoisotopic (exact) mass is 792 g/mol. The first kappa shape index (κ1) is 52.5. The number of phosphoric ester groups is 1. The van der Waals surface area contributed by atoms with Gasteiger partial charge in [-0.25, -0.2) is 4.57 Å². The molecule has 0 aromatic carbocycles. The summed E-state index contributed by atoms with van der Waals surface area (Å²) in [6.45, 7) is 3.55. The minimum atomic E-state index is -4.39. The lowest BCUT2D eigenvalue weighted by Crippen LogP contribution is -2.29. The van der Waals surface area contributed by atoms with Gasteiger partial charge in [0, 0.05) is 19.4 Å². The van der Waals surface area contributed by atoms with E-state index in [1.165, 1.54) is 44.9 Å². The Morgan fingerprint density at radius 3 is 1.53 bits per heavy atom. The minimum absolute atomic E-state index is 0.0430. The van der Waals surface area contributed by atoms with Crippen molar-refractivity contribution < 1.29 is 37.6 Å². The maximum atomic E-state index is 12.6. The van der Waals surface area contributed by atoms with Crippen molar-refractivity contribution in [3.05, 3.63) is 72.9 Å². The summed E-state index contributed by atoms with van der Waals surface area (Å²) in [4.78, 5) is 34.8. The Morgan fingerprint density at radius 2 is 1.00 bits per heavy atom. The number of hydrogen-bond donors (Lipinski definition) is 2. The number of nitrogens with two attached hydrogens (primary N) is 1. The van der Waals surface area contributed by atoms with Crippen LogP contribution < -0.4 is 5.73 Å². The van der Waals surface area contributed by atoms with Crippen LogP contribution in [-0.2, 0) is 32.7 Å². The van der Waals surface area contributed by atoms with Gasteiger partial charge in [-0.05, 0) is 83.5 Å². The van der Waals surface area contributed by atoms with Gasteiger partial charge < -0.3 is 20.1 Å². The molecule has 0 saturated heterocycles. The molecule has 0 amide bonds. The molecule has 0 aliphatic carbocycles. The van der Waals surface area contributed by atoms with Gasteiger partial charge in [0.25, 0.3) is 0 Å². The quantitative estimate of drug-likeness (QED) is 0.0270. The molecule has 1 unspecified atom stereocenters. The Bertz CT molecular complexity index is 1130. The van der Waals surface area contributed by atoms with Gasteiger partial charge in [-0.3, -0.25) is 18.6 Å². The molecule has 0 aliphatic heterocycles. The van der Waals surface area contributed by atoms with Crippen molar-refractivity contribution in [2.45, 2.75) is 174 Å². The Morgan fingerprint density at radius 1 is 0.564 bits per heavy atom. The Kier molecular flexibility index (Phi) is 39.2. The lowest BCUT2D eigenvalue weighted by molar-refractivity contribution is -0.161. The predicted molar refractivity (Wildman–Crippen MR) is 229 cm³/mol. The number of unbranched alkanes of at least 4 members (excludes halogenated alkanes) is 14. The molecule has 316 valence electrons. The van der Waals surface area contributed by atoms with E-state index < -0.39 is 32.5 Å². The van der Waals surface area contributed by atoms with Crippen molar-refractivity contribution in [1.29, 1.82) is 0 Å². The molecule has 0 radical (unpaired) electrons. The number of rotatable bonds is 39. The molecule has 0 spiro atoms.